The summed E-state index contributed by atoms with van der Waals surface area (Å²) in [5.41, 5.74) is 7.72. The summed E-state index contributed by atoms with van der Waals surface area (Å²) in [7, 11) is 0. The van der Waals surface area contributed by atoms with E-state index in [4.69, 9.17) is 21.3 Å². The maximum Gasteiger partial charge on any atom is 0.271 e. The molecule has 0 fully saturated rings. The van der Waals surface area contributed by atoms with Gasteiger partial charge in [-0.25, -0.2) is 4.99 Å². The second-order valence-corrected chi connectivity index (χ2v) is 12.4. The fourth-order valence-corrected chi connectivity index (χ4v) is 7.21. The molecule has 0 bridgehead atoms. The minimum Gasteiger partial charge on any atom is -0.488 e. The number of aromatic nitrogens is 1. The van der Waals surface area contributed by atoms with E-state index in [9.17, 15) is 4.79 Å². The van der Waals surface area contributed by atoms with Crippen LogP contribution >= 0.6 is 38.9 Å². The molecular formula is C34H24BrClN2O2S. The molecule has 0 amide bonds. The van der Waals surface area contributed by atoms with Crippen LogP contribution in [0.1, 0.15) is 40.3 Å². The first-order valence-electron chi connectivity index (χ1n) is 13.4. The maximum atomic E-state index is 14.0. The Balaban J connectivity index is 1.28. The second-order valence-electron chi connectivity index (χ2n) is 10.1. The molecule has 7 heteroatoms. The summed E-state index contributed by atoms with van der Waals surface area (Å²) in [6, 6.07) is 32.1. The number of hydrogen-bond donors (Lipinski definition) is 0. The van der Waals surface area contributed by atoms with Crippen LogP contribution in [-0.2, 0) is 13.0 Å². The molecule has 0 N–H and O–H groups in total. The Morgan fingerprint density at radius 2 is 1.76 bits per heavy atom. The van der Waals surface area contributed by atoms with Crippen molar-refractivity contribution in [1.29, 1.82) is 0 Å². The van der Waals surface area contributed by atoms with Gasteiger partial charge in [-0.05, 0) is 86.9 Å². The van der Waals surface area contributed by atoms with Gasteiger partial charge in [0.25, 0.3) is 5.56 Å². The lowest BCUT2D eigenvalue weighted by molar-refractivity contribution is 0.304. The van der Waals surface area contributed by atoms with Gasteiger partial charge in [-0.15, -0.1) is 0 Å². The summed E-state index contributed by atoms with van der Waals surface area (Å²) in [4.78, 5) is 19.8. The van der Waals surface area contributed by atoms with Crippen molar-refractivity contribution < 1.29 is 4.74 Å². The van der Waals surface area contributed by atoms with Gasteiger partial charge in [0.2, 0.25) is 0 Å². The van der Waals surface area contributed by atoms with Gasteiger partial charge in [0, 0.05) is 10.6 Å². The molecule has 41 heavy (non-hydrogen) atoms. The van der Waals surface area contributed by atoms with Crippen molar-refractivity contribution in [2.45, 2.75) is 25.5 Å². The molecule has 7 rings (SSSR count). The molecule has 4 nitrogen and oxygen atoms in total. The van der Waals surface area contributed by atoms with Crippen molar-refractivity contribution in [2.24, 2.45) is 4.99 Å². The number of benzene rings is 4. The summed E-state index contributed by atoms with van der Waals surface area (Å²) in [5, 5.41) is 0.699. The van der Waals surface area contributed by atoms with E-state index >= 15 is 0 Å². The van der Waals surface area contributed by atoms with Crippen molar-refractivity contribution in [1.82, 2.24) is 4.57 Å². The third kappa shape index (κ3) is 5.01. The molecule has 0 saturated carbocycles. The van der Waals surface area contributed by atoms with Gasteiger partial charge in [-0.1, -0.05) is 95.7 Å². The highest BCUT2D eigenvalue weighted by Crippen LogP contribution is 2.41. The zero-order valence-electron chi connectivity index (χ0n) is 21.9. The van der Waals surface area contributed by atoms with Crippen molar-refractivity contribution in [3.05, 3.63) is 160 Å². The van der Waals surface area contributed by atoms with Gasteiger partial charge in [0.15, 0.2) is 4.80 Å². The number of nitrogens with zero attached hydrogens (tertiary/aromatic N) is 2. The maximum absolute atomic E-state index is 14.0. The Kier molecular flexibility index (Phi) is 6.99. The third-order valence-electron chi connectivity index (χ3n) is 7.55. The topological polar surface area (TPSA) is 43.6 Å². The van der Waals surface area contributed by atoms with E-state index in [1.165, 1.54) is 28.0 Å². The summed E-state index contributed by atoms with van der Waals surface area (Å²) in [6.45, 7) is 0.432. The minimum absolute atomic E-state index is 0.0211. The largest absolute Gasteiger partial charge is 0.488 e. The first kappa shape index (κ1) is 26.2. The van der Waals surface area contributed by atoms with Crippen LogP contribution in [0.4, 0.5) is 0 Å². The Labute approximate surface area is 254 Å². The Bertz CT molecular complexity index is 2000. The smallest absolute Gasteiger partial charge is 0.271 e. The zero-order chi connectivity index (χ0) is 27.9. The molecule has 202 valence electrons. The highest BCUT2D eigenvalue weighted by molar-refractivity contribution is 9.10. The fourth-order valence-electron chi connectivity index (χ4n) is 5.57. The van der Waals surface area contributed by atoms with Crippen LogP contribution in [0.15, 0.2) is 117 Å². The van der Waals surface area contributed by atoms with Gasteiger partial charge in [-0.2, -0.15) is 0 Å². The lowest BCUT2D eigenvalue weighted by Crippen LogP contribution is -2.38. The lowest BCUT2D eigenvalue weighted by Gasteiger charge is -2.30. The Morgan fingerprint density at radius 3 is 2.56 bits per heavy atom. The first-order valence-corrected chi connectivity index (χ1v) is 15.4. The first-order chi connectivity index (χ1) is 20.0. The second kappa shape index (κ2) is 10.9. The normalized spacial score (nSPS) is 16.0. The summed E-state index contributed by atoms with van der Waals surface area (Å²) >= 11 is 11.1. The van der Waals surface area contributed by atoms with E-state index < -0.39 is 0 Å². The zero-order valence-corrected chi connectivity index (χ0v) is 25.0. The monoisotopic (exact) mass is 638 g/mol. The van der Waals surface area contributed by atoms with Crippen LogP contribution in [0.2, 0.25) is 5.02 Å². The molecular weight excluding hydrogens is 616 g/mol. The van der Waals surface area contributed by atoms with Crippen LogP contribution in [0, 0.1) is 0 Å². The number of ether oxygens (including phenoxy) is 1. The third-order valence-corrected chi connectivity index (χ3v) is 9.40. The molecule has 5 aromatic rings. The van der Waals surface area contributed by atoms with Crippen LogP contribution in [-0.4, -0.2) is 4.57 Å². The van der Waals surface area contributed by atoms with E-state index in [0.29, 0.717) is 16.2 Å². The van der Waals surface area contributed by atoms with Gasteiger partial charge in [-0.3, -0.25) is 9.36 Å². The Hall–Kier alpha value is -3.71. The summed E-state index contributed by atoms with van der Waals surface area (Å²) in [5.74, 6) is 0.731. The predicted molar refractivity (Wildman–Crippen MR) is 169 cm³/mol. The van der Waals surface area contributed by atoms with Gasteiger partial charge < -0.3 is 4.74 Å². The number of rotatable bonds is 5. The molecule has 1 aliphatic carbocycles. The number of halogens is 2. The number of fused-ring (bicyclic) bond motifs is 3. The SMILES string of the molecule is O=c1c(=Cc2ccc(OCc3ccc(Cl)cc3)c(Br)c2)sc2n1[C@@H](c1ccccc1)C1=C(N=2)c2ccccc2CC1. The van der Waals surface area contributed by atoms with Crippen molar-refractivity contribution in [2.75, 3.05) is 0 Å². The quantitative estimate of drug-likeness (QED) is 0.202. The van der Waals surface area contributed by atoms with Crippen LogP contribution in [0.5, 0.6) is 5.75 Å². The molecule has 0 spiro atoms. The number of hydrogen-bond acceptors (Lipinski definition) is 4. The van der Waals surface area contributed by atoms with Gasteiger partial charge >= 0.3 is 0 Å². The highest BCUT2D eigenvalue weighted by Gasteiger charge is 2.32. The van der Waals surface area contributed by atoms with E-state index in [0.717, 1.165) is 50.3 Å². The van der Waals surface area contributed by atoms with E-state index in [1.54, 1.807) is 0 Å². The standard InChI is InChI=1S/C34H24BrClN2O2S/c35-28-18-22(12-17-29(28)40-20-21-10-14-25(36)15-11-21)19-30-33(39)38-32(24-7-2-1-3-8-24)27-16-13-23-6-4-5-9-26(23)31(27)37-34(38)41-30/h1-12,14-15,17-19,32H,13,16,20H2/t32-/m0/s1. The molecule has 0 unspecified atom stereocenters. The van der Waals surface area contributed by atoms with E-state index in [1.807, 2.05) is 71.3 Å². The van der Waals surface area contributed by atoms with Gasteiger partial charge in [0.05, 0.1) is 20.7 Å². The van der Waals surface area contributed by atoms with Crippen molar-refractivity contribution in [3.8, 4) is 5.75 Å². The average molecular weight is 640 g/mol. The molecule has 1 aromatic heterocycles. The Morgan fingerprint density at radius 1 is 0.976 bits per heavy atom. The van der Waals surface area contributed by atoms with Crippen molar-refractivity contribution in [3.63, 3.8) is 0 Å². The minimum atomic E-state index is -0.173. The molecule has 4 aromatic carbocycles. The highest BCUT2D eigenvalue weighted by atomic mass is 79.9. The van der Waals surface area contributed by atoms with Crippen LogP contribution in [0.3, 0.4) is 0 Å². The van der Waals surface area contributed by atoms with E-state index in [-0.39, 0.29) is 11.6 Å². The molecule has 2 heterocycles. The summed E-state index contributed by atoms with van der Waals surface area (Å²) < 4.78 is 9.38. The number of allylic oxidation sites excluding steroid dienone is 1. The van der Waals surface area contributed by atoms with Crippen molar-refractivity contribution >= 4 is 50.6 Å². The number of thiazole rings is 1. The summed E-state index contributed by atoms with van der Waals surface area (Å²) in [6.07, 6.45) is 3.76. The average Bonchev–Trinajstić information content (AvgIpc) is 3.31. The predicted octanol–water partition coefficient (Wildman–Crippen LogP) is 7.31. The fraction of sp³-hybridized carbons (Fsp3) is 0.118. The lowest BCUT2D eigenvalue weighted by atomic mass is 9.83. The molecule has 0 saturated heterocycles. The van der Waals surface area contributed by atoms with Gasteiger partial charge in [0.1, 0.15) is 12.4 Å². The molecule has 1 atom stereocenters. The molecule has 1 aliphatic heterocycles. The van der Waals surface area contributed by atoms with Crippen LogP contribution in [0.25, 0.3) is 11.8 Å². The number of aryl methyl sites for hydroxylation is 1. The molecule has 0 radical (unpaired) electrons. The van der Waals surface area contributed by atoms with E-state index in [2.05, 4.69) is 52.3 Å². The van der Waals surface area contributed by atoms with Crippen LogP contribution < -0.4 is 19.6 Å². The molecule has 2 aliphatic rings.